The third-order valence-electron chi connectivity index (χ3n) is 14.0. The number of aliphatic hydroxyl groups excluding tert-OH is 1. The number of nitrogens with two attached hydrogens (primary N) is 2. The number of hydrogen-bond donors (Lipinski definition) is 6. The van der Waals surface area contributed by atoms with Crippen LogP contribution in [0, 0.1) is 12.3 Å². The number of carbonyl (C=O) groups excluding carboxylic acids is 4. The van der Waals surface area contributed by atoms with Gasteiger partial charge in [-0.2, -0.15) is 0 Å². The molecule has 1 aliphatic heterocycles. The number of fused-ring (bicyclic) bond motifs is 1. The van der Waals surface area contributed by atoms with Gasteiger partial charge in [0.05, 0.1) is 33.4 Å². The highest BCUT2D eigenvalue weighted by molar-refractivity contribution is 7.13. The fourth-order valence-corrected chi connectivity index (χ4v) is 10.5. The van der Waals surface area contributed by atoms with E-state index in [2.05, 4.69) is 50.2 Å². The molecular formula is C56H63N11O5S. The summed E-state index contributed by atoms with van der Waals surface area (Å²) in [5.41, 5.74) is 23.4. The number of aliphatic hydroxyl groups is 1. The van der Waals surface area contributed by atoms with E-state index < -0.39 is 29.5 Å². The molecule has 16 nitrogen and oxygen atoms in total. The molecule has 17 heteroatoms. The number of anilines is 1. The lowest BCUT2D eigenvalue weighted by molar-refractivity contribution is -0.144. The number of carbonyl (C=O) groups is 4. The summed E-state index contributed by atoms with van der Waals surface area (Å²) >= 11 is 1.57. The summed E-state index contributed by atoms with van der Waals surface area (Å²) in [5.74, 6) is -0.316. The van der Waals surface area contributed by atoms with Crippen LogP contribution in [0.3, 0.4) is 0 Å². The first-order chi connectivity index (χ1) is 35.0. The predicted molar refractivity (Wildman–Crippen MR) is 284 cm³/mol. The third-order valence-corrected chi connectivity index (χ3v) is 15.0. The molecule has 4 aromatic heterocycles. The van der Waals surface area contributed by atoms with Gasteiger partial charge < -0.3 is 37.4 Å². The number of nitrogen functional groups attached to an aromatic ring is 1. The number of thiazole rings is 1. The first-order valence-corrected chi connectivity index (χ1v) is 25.8. The SMILES string of the molecule is Cc1ncsc1-c1ccc(CNC(=O)[C@@H]2C[C@@H](O)CN2C(=O)C(NC(=O)CCCNC(=O)CCc2cccc(-c3ccc4nc(-c5cccnc5N)n(-c5ccc(C6(N)CCC6)cc5)c4n3)c2)C(C)(C)C)cc1. The molecule has 9 rings (SSSR count). The van der Waals surface area contributed by atoms with Gasteiger partial charge in [-0.05, 0) is 109 Å². The maximum Gasteiger partial charge on any atom is 0.246 e. The first-order valence-electron chi connectivity index (χ1n) is 25.0. The summed E-state index contributed by atoms with van der Waals surface area (Å²) in [6.45, 7) is 8.01. The van der Waals surface area contributed by atoms with Crippen LogP contribution in [0.4, 0.5) is 5.82 Å². The molecule has 2 aliphatic rings. The Bertz CT molecular complexity index is 3140. The van der Waals surface area contributed by atoms with Crippen LogP contribution in [0.1, 0.15) is 88.1 Å². The van der Waals surface area contributed by atoms with Gasteiger partial charge in [0.25, 0.3) is 0 Å². The second-order valence-corrected chi connectivity index (χ2v) is 21.3. The number of imidazole rings is 1. The summed E-state index contributed by atoms with van der Waals surface area (Å²) in [5, 5.41) is 19.4. The normalized spacial score (nSPS) is 16.7. The highest BCUT2D eigenvalue weighted by Gasteiger charge is 2.44. The van der Waals surface area contributed by atoms with E-state index in [1.807, 2.05) is 111 Å². The molecule has 4 amide bonds. The number of amides is 4. The zero-order valence-electron chi connectivity index (χ0n) is 41.7. The van der Waals surface area contributed by atoms with Crippen molar-refractivity contribution in [3.8, 4) is 38.8 Å². The number of nitrogens with zero attached hydrogens (tertiary/aromatic N) is 6. The molecule has 0 bridgehead atoms. The molecule has 8 N–H and O–H groups in total. The minimum Gasteiger partial charge on any atom is -0.391 e. The van der Waals surface area contributed by atoms with Crippen LogP contribution in [0.5, 0.6) is 0 Å². The zero-order valence-corrected chi connectivity index (χ0v) is 42.5. The number of β-amino-alcohol motifs (C(OH)–C–C–N with tert-alkyl or cyclic N) is 1. The Kier molecular flexibility index (Phi) is 14.8. The molecule has 7 aromatic rings. The lowest BCUT2D eigenvalue weighted by Gasteiger charge is -2.38. The van der Waals surface area contributed by atoms with E-state index in [0.29, 0.717) is 41.2 Å². The summed E-state index contributed by atoms with van der Waals surface area (Å²) in [6, 6.07) is 29.9. The molecule has 1 saturated heterocycles. The van der Waals surface area contributed by atoms with E-state index in [-0.39, 0.29) is 62.2 Å². The predicted octanol–water partition coefficient (Wildman–Crippen LogP) is 7.14. The van der Waals surface area contributed by atoms with Crippen molar-refractivity contribution >= 4 is 51.9 Å². The van der Waals surface area contributed by atoms with Gasteiger partial charge in [0.2, 0.25) is 23.6 Å². The van der Waals surface area contributed by atoms with E-state index in [0.717, 1.165) is 69.0 Å². The summed E-state index contributed by atoms with van der Waals surface area (Å²) < 4.78 is 2.01. The van der Waals surface area contributed by atoms with Gasteiger partial charge in [0.15, 0.2) is 11.5 Å². The van der Waals surface area contributed by atoms with E-state index >= 15 is 0 Å². The van der Waals surface area contributed by atoms with Crippen LogP contribution in [0.25, 0.3) is 49.9 Å². The van der Waals surface area contributed by atoms with Crippen LogP contribution in [0.2, 0.25) is 0 Å². The van der Waals surface area contributed by atoms with Gasteiger partial charge in [0.1, 0.15) is 23.4 Å². The number of hydrogen-bond acceptors (Lipinski definition) is 12. The van der Waals surface area contributed by atoms with E-state index in [9.17, 15) is 24.3 Å². The van der Waals surface area contributed by atoms with Gasteiger partial charge in [-0.1, -0.05) is 75.4 Å². The molecule has 73 heavy (non-hydrogen) atoms. The summed E-state index contributed by atoms with van der Waals surface area (Å²) in [7, 11) is 0. The van der Waals surface area contributed by atoms with E-state index in [4.69, 9.17) is 21.4 Å². The van der Waals surface area contributed by atoms with Crippen molar-refractivity contribution < 1.29 is 24.3 Å². The Hall–Kier alpha value is -7.34. The molecule has 1 unspecified atom stereocenters. The molecule has 1 saturated carbocycles. The maximum atomic E-state index is 14.1. The van der Waals surface area contributed by atoms with Crippen LogP contribution >= 0.6 is 11.3 Å². The smallest absolute Gasteiger partial charge is 0.246 e. The number of pyridine rings is 2. The standard InChI is InChI=1S/C56H63N11O5S/c1-34-48(73-33-62-34)37-16-13-36(14-17-37)31-61-53(71)45-30-41(68)32-66(45)54(72)49(55(2,3)4)65-47(70)12-7-27-59-46(69)24-15-35-9-5-10-38(29-35)43-22-23-44-52(63-43)67(51(64-44)42-11-6-28-60-50(42)57)40-20-18-39(19-21-40)56(58)25-8-26-56/h5-6,9-11,13-14,16-23,28-29,33,41,45,49,68H,7-8,12,15,24-27,30-32,58H2,1-4H3,(H2,57,60)(H,59,69)(H,61,71)(H,65,70)/t41-,45+,49?/m1/s1. The molecular weight excluding hydrogens is 939 g/mol. The Morgan fingerprint density at radius 3 is 2.36 bits per heavy atom. The van der Waals surface area contributed by atoms with Gasteiger partial charge in [-0.15, -0.1) is 11.3 Å². The fourth-order valence-electron chi connectivity index (χ4n) is 9.66. The molecule has 378 valence electrons. The fraction of sp³-hybridized carbons (Fsp3) is 0.357. The van der Waals surface area contributed by atoms with Gasteiger partial charge in [-0.3, -0.25) is 23.7 Å². The van der Waals surface area contributed by atoms with Gasteiger partial charge in [-0.25, -0.2) is 19.9 Å². The van der Waals surface area contributed by atoms with Gasteiger partial charge >= 0.3 is 0 Å². The van der Waals surface area contributed by atoms with Crippen LogP contribution in [0.15, 0.2) is 109 Å². The number of aryl methyl sites for hydroxylation is 2. The van der Waals surface area contributed by atoms with Crippen molar-refractivity contribution in [1.82, 2.24) is 45.4 Å². The average Bonchev–Trinajstić information content (AvgIpc) is 4.10. The van der Waals surface area contributed by atoms with Crippen molar-refractivity contribution in [2.24, 2.45) is 11.1 Å². The van der Waals surface area contributed by atoms with Gasteiger partial charge in [0, 0.05) is 61.9 Å². The molecule has 1 aliphatic carbocycles. The van der Waals surface area contributed by atoms with E-state index in [1.165, 1.54) is 4.90 Å². The highest BCUT2D eigenvalue weighted by atomic mass is 32.1. The Morgan fingerprint density at radius 1 is 0.877 bits per heavy atom. The highest BCUT2D eigenvalue weighted by Crippen LogP contribution is 2.40. The third kappa shape index (κ3) is 11.3. The lowest BCUT2D eigenvalue weighted by Crippen LogP contribution is -2.57. The lowest BCUT2D eigenvalue weighted by atomic mass is 9.73. The van der Waals surface area contributed by atoms with Crippen LogP contribution in [-0.4, -0.2) is 89.4 Å². The van der Waals surface area contributed by atoms with Crippen molar-refractivity contribution in [3.05, 3.63) is 131 Å². The molecule has 3 aromatic carbocycles. The second-order valence-electron chi connectivity index (χ2n) is 20.4. The topological polar surface area (TPSA) is 236 Å². The minimum atomic E-state index is -0.954. The number of aromatic nitrogens is 5. The molecule has 0 spiro atoms. The summed E-state index contributed by atoms with van der Waals surface area (Å²) in [4.78, 5) is 75.3. The van der Waals surface area contributed by atoms with Crippen molar-refractivity contribution in [1.29, 1.82) is 0 Å². The largest absolute Gasteiger partial charge is 0.391 e. The first kappa shape index (κ1) is 50.6. The number of rotatable bonds is 17. The molecule has 2 fully saturated rings. The second kappa shape index (κ2) is 21.4. The minimum absolute atomic E-state index is 0.0197. The van der Waals surface area contributed by atoms with Crippen molar-refractivity contribution in [2.45, 2.75) is 109 Å². The number of benzene rings is 3. The molecule has 0 radical (unpaired) electrons. The maximum absolute atomic E-state index is 14.1. The summed E-state index contributed by atoms with van der Waals surface area (Å²) in [6.07, 6.45) is 5.06. The van der Waals surface area contributed by atoms with Crippen LogP contribution < -0.4 is 27.4 Å². The zero-order chi connectivity index (χ0) is 51.4. The van der Waals surface area contributed by atoms with Crippen molar-refractivity contribution in [2.75, 3.05) is 18.8 Å². The Balaban J connectivity index is 0.776. The number of likely N-dealkylation sites (tertiary alicyclic amines) is 1. The van der Waals surface area contributed by atoms with Crippen LogP contribution in [-0.2, 0) is 37.7 Å². The molecule has 3 atom stereocenters. The Morgan fingerprint density at radius 2 is 1.66 bits per heavy atom. The quantitative estimate of drug-likeness (QED) is 0.0502. The monoisotopic (exact) mass is 1000 g/mol. The Labute approximate surface area is 429 Å². The number of nitrogens with one attached hydrogen (secondary N) is 3. The average molecular weight is 1000 g/mol. The van der Waals surface area contributed by atoms with Crippen molar-refractivity contribution in [3.63, 3.8) is 0 Å². The van der Waals surface area contributed by atoms with E-state index in [1.54, 1.807) is 17.5 Å². The molecule has 5 heterocycles.